The first kappa shape index (κ1) is 11.0. The minimum absolute atomic E-state index is 0.599. The molecule has 0 aromatic heterocycles. The van der Waals surface area contributed by atoms with Gasteiger partial charge in [0.15, 0.2) is 0 Å². The first-order valence-electron chi connectivity index (χ1n) is 5.40. The van der Waals surface area contributed by atoms with Gasteiger partial charge in [-0.05, 0) is 24.5 Å². The van der Waals surface area contributed by atoms with Crippen LogP contribution in [-0.4, -0.2) is 55.8 Å². The van der Waals surface area contributed by atoms with Crippen LogP contribution in [0.1, 0.15) is 0 Å². The Morgan fingerprint density at radius 3 is 2.93 bits per heavy atom. The summed E-state index contributed by atoms with van der Waals surface area (Å²) in [5, 5.41) is 0. The zero-order chi connectivity index (χ0) is 10.5. The Labute approximate surface area is 93.4 Å². The van der Waals surface area contributed by atoms with Crippen LogP contribution in [0, 0.1) is 0 Å². The predicted octanol–water partition coefficient (Wildman–Crippen LogP) is 1.35. The van der Waals surface area contributed by atoms with Gasteiger partial charge in [-0.15, -0.1) is 0 Å². The Morgan fingerprint density at radius 1 is 1.33 bits per heavy atom. The molecule has 3 nitrogen and oxygen atoms in total. The molecule has 0 saturated carbocycles. The van der Waals surface area contributed by atoms with Crippen LogP contribution in [0.25, 0.3) is 0 Å². The zero-order valence-corrected chi connectivity index (χ0v) is 10.2. The molecular formula is C11H18N3P. The maximum absolute atomic E-state index is 4.24. The van der Waals surface area contributed by atoms with Gasteiger partial charge in [0.2, 0.25) is 0 Å². The number of nitrogens with zero attached hydrogens (tertiary/aromatic N) is 3. The standard InChI is InChI=1S/C11H18N3P/c1-13-5-7-14(8-6-13)10-11-2-4-12-15-9-3-11/h2-4,9,15H,5-8,10H2,1H3. The average molecular weight is 223 g/mol. The molecular weight excluding hydrogens is 205 g/mol. The Kier molecular flexibility index (Phi) is 4.07. The molecule has 2 aliphatic heterocycles. The van der Waals surface area contributed by atoms with Crippen molar-refractivity contribution in [2.75, 3.05) is 39.8 Å². The molecule has 1 atom stereocenters. The highest BCUT2D eigenvalue weighted by atomic mass is 31.1. The van der Waals surface area contributed by atoms with Gasteiger partial charge in [0.1, 0.15) is 0 Å². The fraction of sp³-hybridized carbons (Fsp3) is 0.545. The minimum atomic E-state index is 0.599. The molecule has 0 aliphatic carbocycles. The molecule has 15 heavy (non-hydrogen) atoms. The lowest BCUT2D eigenvalue weighted by molar-refractivity contribution is 0.165. The molecule has 2 aliphatic rings. The van der Waals surface area contributed by atoms with E-state index in [4.69, 9.17) is 0 Å². The number of allylic oxidation sites excluding steroid dienone is 1. The van der Waals surface area contributed by atoms with Gasteiger partial charge >= 0.3 is 0 Å². The second kappa shape index (κ2) is 5.55. The summed E-state index contributed by atoms with van der Waals surface area (Å²) in [5.41, 5.74) is 1.38. The molecule has 0 bridgehead atoms. The zero-order valence-electron chi connectivity index (χ0n) is 9.19. The molecule has 0 aromatic rings. The molecule has 0 aromatic carbocycles. The fourth-order valence-electron chi connectivity index (χ4n) is 1.79. The van der Waals surface area contributed by atoms with Crippen LogP contribution in [-0.2, 0) is 0 Å². The molecule has 0 radical (unpaired) electrons. The van der Waals surface area contributed by atoms with Crippen LogP contribution in [0.5, 0.6) is 0 Å². The molecule has 1 unspecified atom stereocenters. The first-order chi connectivity index (χ1) is 7.34. The van der Waals surface area contributed by atoms with Crippen molar-refractivity contribution in [2.45, 2.75) is 0 Å². The largest absolute Gasteiger partial charge is 0.304 e. The van der Waals surface area contributed by atoms with Gasteiger partial charge in [-0.2, -0.15) is 0 Å². The maximum Gasteiger partial charge on any atom is 0.0260 e. The van der Waals surface area contributed by atoms with Crippen LogP contribution in [0.3, 0.4) is 0 Å². The molecule has 1 saturated heterocycles. The first-order valence-corrected chi connectivity index (χ1v) is 6.42. The Bertz CT molecular complexity index is 288. The SMILES string of the molecule is CN1CCN(CC2=CC=NPC=C2)CC1. The molecule has 0 spiro atoms. The van der Waals surface area contributed by atoms with E-state index in [2.05, 4.69) is 39.6 Å². The summed E-state index contributed by atoms with van der Waals surface area (Å²) >= 11 is 0. The highest BCUT2D eigenvalue weighted by Gasteiger charge is 2.13. The van der Waals surface area contributed by atoms with Crippen molar-refractivity contribution in [2.24, 2.45) is 4.76 Å². The van der Waals surface area contributed by atoms with Crippen LogP contribution in [0.15, 0.2) is 28.3 Å². The quantitative estimate of drug-likeness (QED) is 0.658. The van der Waals surface area contributed by atoms with Crippen molar-refractivity contribution in [1.82, 2.24) is 9.80 Å². The third-order valence-electron chi connectivity index (χ3n) is 2.81. The average Bonchev–Trinajstić information content (AvgIpc) is 2.50. The highest BCUT2D eigenvalue weighted by molar-refractivity contribution is 7.40. The molecule has 82 valence electrons. The molecule has 2 heterocycles. The van der Waals surface area contributed by atoms with E-state index in [0.29, 0.717) is 8.73 Å². The number of rotatable bonds is 2. The summed E-state index contributed by atoms with van der Waals surface area (Å²) in [4.78, 5) is 4.90. The van der Waals surface area contributed by atoms with Crippen molar-refractivity contribution < 1.29 is 0 Å². The minimum Gasteiger partial charge on any atom is -0.304 e. The van der Waals surface area contributed by atoms with Gasteiger partial charge in [0.25, 0.3) is 0 Å². The van der Waals surface area contributed by atoms with Crippen LogP contribution in [0.4, 0.5) is 0 Å². The second-order valence-electron chi connectivity index (χ2n) is 4.06. The summed E-state index contributed by atoms with van der Waals surface area (Å²) in [6.45, 7) is 5.81. The number of hydrogen-bond acceptors (Lipinski definition) is 3. The molecule has 2 rings (SSSR count). The molecule has 0 amide bonds. The fourth-order valence-corrected chi connectivity index (χ4v) is 2.32. The third-order valence-corrected chi connectivity index (χ3v) is 3.43. The number of likely N-dealkylation sites (N-methyl/N-ethyl adjacent to an activating group) is 1. The lowest BCUT2D eigenvalue weighted by atomic mass is 10.2. The summed E-state index contributed by atoms with van der Waals surface area (Å²) in [7, 11) is 2.79. The molecule has 4 heteroatoms. The van der Waals surface area contributed by atoms with Gasteiger partial charge in [-0.1, -0.05) is 6.08 Å². The van der Waals surface area contributed by atoms with Gasteiger partial charge in [0, 0.05) is 47.7 Å². The van der Waals surface area contributed by atoms with E-state index >= 15 is 0 Å². The van der Waals surface area contributed by atoms with E-state index in [1.807, 2.05) is 6.21 Å². The predicted molar refractivity (Wildman–Crippen MR) is 68.0 cm³/mol. The van der Waals surface area contributed by atoms with E-state index < -0.39 is 0 Å². The van der Waals surface area contributed by atoms with Gasteiger partial charge in [-0.25, -0.2) is 0 Å². The molecule has 0 N–H and O–H groups in total. The number of hydrogen-bond donors (Lipinski definition) is 0. The maximum atomic E-state index is 4.24. The Balaban J connectivity index is 1.86. The summed E-state index contributed by atoms with van der Waals surface area (Å²) in [5.74, 6) is 2.16. The third kappa shape index (κ3) is 3.53. The van der Waals surface area contributed by atoms with E-state index in [-0.39, 0.29) is 0 Å². The van der Waals surface area contributed by atoms with E-state index in [9.17, 15) is 0 Å². The van der Waals surface area contributed by atoms with Crippen LogP contribution >= 0.6 is 8.73 Å². The normalized spacial score (nSPS) is 25.5. The Hall–Kier alpha value is -0.500. The summed E-state index contributed by atoms with van der Waals surface area (Å²) < 4.78 is 4.24. The van der Waals surface area contributed by atoms with Gasteiger partial charge in [0.05, 0.1) is 0 Å². The van der Waals surface area contributed by atoms with Crippen molar-refractivity contribution >= 4 is 14.9 Å². The smallest absolute Gasteiger partial charge is 0.0260 e. The highest BCUT2D eigenvalue weighted by Crippen LogP contribution is 2.17. The Morgan fingerprint density at radius 2 is 2.13 bits per heavy atom. The lowest BCUT2D eigenvalue weighted by Gasteiger charge is -2.32. The van der Waals surface area contributed by atoms with E-state index in [1.165, 1.54) is 31.8 Å². The monoisotopic (exact) mass is 223 g/mol. The topological polar surface area (TPSA) is 18.8 Å². The lowest BCUT2D eigenvalue weighted by Crippen LogP contribution is -2.44. The van der Waals surface area contributed by atoms with Crippen molar-refractivity contribution in [3.05, 3.63) is 23.5 Å². The van der Waals surface area contributed by atoms with Crippen LogP contribution < -0.4 is 0 Å². The summed E-state index contributed by atoms with van der Waals surface area (Å²) in [6.07, 6.45) is 6.28. The summed E-state index contributed by atoms with van der Waals surface area (Å²) in [6, 6.07) is 0. The van der Waals surface area contributed by atoms with Gasteiger partial charge < -0.3 is 4.90 Å². The van der Waals surface area contributed by atoms with E-state index in [1.54, 1.807) is 0 Å². The van der Waals surface area contributed by atoms with Crippen molar-refractivity contribution in [3.63, 3.8) is 0 Å². The van der Waals surface area contributed by atoms with Gasteiger partial charge in [-0.3, -0.25) is 9.66 Å². The van der Waals surface area contributed by atoms with Crippen LogP contribution in [0.2, 0.25) is 0 Å². The number of piperazine rings is 1. The molecule has 1 fully saturated rings. The van der Waals surface area contributed by atoms with E-state index in [0.717, 1.165) is 6.54 Å². The van der Waals surface area contributed by atoms with Crippen molar-refractivity contribution in [1.29, 1.82) is 0 Å². The van der Waals surface area contributed by atoms with Crippen molar-refractivity contribution in [3.8, 4) is 0 Å². The second-order valence-corrected chi connectivity index (χ2v) is 4.91.